The Labute approximate surface area is 190 Å². The van der Waals surface area contributed by atoms with Gasteiger partial charge in [0.2, 0.25) is 17.7 Å². The Morgan fingerprint density at radius 3 is 2.21 bits per heavy atom. The van der Waals surface area contributed by atoms with Gasteiger partial charge in [-0.2, -0.15) is 0 Å². The lowest BCUT2D eigenvalue weighted by Crippen LogP contribution is -2.57. The van der Waals surface area contributed by atoms with Gasteiger partial charge >= 0.3 is 17.9 Å². The highest BCUT2D eigenvalue weighted by Gasteiger charge is 2.38. The average molecular weight is 472 g/mol. The third-order valence-electron chi connectivity index (χ3n) is 5.61. The number of rotatable bonds is 13. The van der Waals surface area contributed by atoms with Gasteiger partial charge in [0.05, 0.1) is 12.5 Å². The van der Waals surface area contributed by atoms with E-state index in [1.165, 1.54) is 4.90 Å². The largest absolute Gasteiger partial charge is 0.481 e. The minimum Gasteiger partial charge on any atom is -0.481 e. The number of carbonyl (C=O) groups is 6. The second-order valence-electron chi connectivity index (χ2n) is 8.10. The van der Waals surface area contributed by atoms with Crippen LogP contribution in [0.2, 0.25) is 0 Å². The van der Waals surface area contributed by atoms with E-state index in [1.54, 1.807) is 13.8 Å². The minimum absolute atomic E-state index is 0.116. The van der Waals surface area contributed by atoms with Crippen molar-refractivity contribution in [1.29, 1.82) is 0 Å². The van der Waals surface area contributed by atoms with Gasteiger partial charge in [-0.25, -0.2) is 4.79 Å². The number of carboxylic acids is 3. The van der Waals surface area contributed by atoms with Crippen molar-refractivity contribution >= 4 is 35.6 Å². The zero-order valence-corrected chi connectivity index (χ0v) is 18.7. The predicted molar refractivity (Wildman–Crippen MR) is 113 cm³/mol. The molecule has 1 aliphatic heterocycles. The molecule has 1 heterocycles. The second kappa shape index (κ2) is 12.7. The van der Waals surface area contributed by atoms with Gasteiger partial charge in [0.15, 0.2) is 0 Å². The standard InChI is InChI=1S/C20H32N4O9/c1-3-10(2)16(20(32)33)23-17(29)12(9-15(27)28)22-18(30)13-5-4-8-24(13)19(31)11(21)6-7-14(25)26/h10-13,16H,3-9,21H2,1-2H3,(H,22,30)(H,23,29)(H,25,26)(H,27,28)(H,32,33). The molecular formula is C20H32N4O9. The molecule has 0 saturated carbocycles. The van der Waals surface area contributed by atoms with E-state index in [1.807, 2.05) is 0 Å². The second-order valence-corrected chi connectivity index (χ2v) is 8.10. The molecule has 33 heavy (non-hydrogen) atoms. The molecule has 3 amide bonds. The first-order valence-corrected chi connectivity index (χ1v) is 10.7. The molecule has 0 aliphatic carbocycles. The molecule has 13 nitrogen and oxygen atoms in total. The number of carboxylic acid groups (broad SMARTS) is 3. The van der Waals surface area contributed by atoms with Gasteiger partial charge in [0, 0.05) is 13.0 Å². The number of amides is 3. The fourth-order valence-electron chi connectivity index (χ4n) is 3.51. The lowest BCUT2D eigenvalue weighted by molar-refractivity contribution is -0.146. The van der Waals surface area contributed by atoms with E-state index in [2.05, 4.69) is 10.6 Å². The number of nitrogens with one attached hydrogen (secondary N) is 2. The van der Waals surface area contributed by atoms with E-state index >= 15 is 0 Å². The van der Waals surface area contributed by atoms with E-state index in [9.17, 15) is 33.9 Å². The molecule has 0 spiro atoms. The molecule has 0 radical (unpaired) electrons. The molecule has 1 fully saturated rings. The van der Waals surface area contributed by atoms with E-state index in [0.717, 1.165) is 0 Å². The van der Waals surface area contributed by atoms with Crippen LogP contribution in [0, 0.1) is 5.92 Å². The summed E-state index contributed by atoms with van der Waals surface area (Å²) in [6, 6.07) is -4.96. The van der Waals surface area contributed by atoms with Crippen molar-refractivity contribution in [3.8, 4) is 0 Å². The maximum absolute atomic E-state index is 12.8. The van der Waals surface area contributed by atoms with E-state index in [-0.39, 0.29) is 25.8 Å². The number of likely N-dealkylation sites (tertiary alicyclic amines) is 1. The molecule has 5 unspecified atom stereocenters. The van der Waals surface area contributed by atoms with Gasteiger partial charge in [0.1, 0.15) is 18.1 Å². The monoisotopic (exact) mass is 472 g/mol. The molecule has 1 rings (SSSR count). The van der Waals surface area contributed by atoms with Crippen molar-refractivity contribution in [2.24, 2.45) is 11.7 Å². The third-order valence-corrected chi connectivity index (χ3v) is 5.61. The maximum Gasteiger partial charge on any atom is 0.326 e. The van der Waals surface area contributed by atoms with Gasteiger partial charge in [-0.3, -0.25) is 24.0 Å². The van der Waals surface area contributed by atoms with Crippen molar-refractivity contribution in [3.05, 3.63) is 0 Å². The molecule has 1 saturated heterocycles. The summed E-state index contributed by atoms with van der Waals surface area (Å²) in [5.74, 6) is -6.59. The van der Waals surface area contributed by atoms with Crippen molar-refractivity contribution in [3.63, 3.8) is 0 Å². The Morgan fingerprint density at radius 1 is 1.06 bits per heavy atom. The van der Waals surface area contributed by atoms with Crippen LogP contribution in [-0.4, -0.2) is 86.6 Å². The van der Waals surface area contributed by atoms with Crippen molar-refractivity contribution in [2.75, 3.05) is 6.54 Å². The number of carbonyl (C=O) groups excluding carboxylic acids is 3. The molecule has 0 aromatic carbocycles. The number of nitrogens with zero attached hydrogens (tertiary/aromatic N) is 1. The summed E-state index contributed by atoms with van der Waals surface area (Å²) in [4.78, 5) is 72.7. The summed E-state index contributed by atoms with van der Waals surface area (Å²) < 4.78 is 0. The normalized spacial score (nSPS) is 19.1. The van der Waals surface area contributed by atoms with Crippen LogP contribution in [-0.2, 0) is 28.8 Å². The van der Waals surface area contributed by atoms with Crippen LogP contribution in [0.25, 0.3) is 0 Å². The maximum atomic E-state index is 12.8. The molecular weight excluding hydrogens is 440 g/mol. The average Bonchev–Trinajstić information content (AvgIpc) is 3.23. The quantitative estimate of drug-likeness (QED) is 0.187. The molecule has 7 N–H and O–H groups in total. The van der Waals surface area contributed by atoms with Gasteiger partial charge < -0.3 is 36.6 Å². The first-order valence-electron chi connectivity index (χ1n) is 10.7. The Hall–Kier alpha value is -3.22. The molecule has 1 aliphatic rings. The summed E-state index contributed by atoms with van der Waals surface area (Å²) >= 11 is 0. The lowest BCUT2D eigenvalue weighted by Gasteiger charge is -2.28. The van der Waals surface area contributed by atoms with E-state index in [0.29, 0.717) is 12.8 Å². The van der Waals surface area contributed by atoms with Gasteiger partial charge in [-0.05, 0) is 25.2 Å². The summed E-state index contributed by atoms with van der Waals surface area (Å²) in [5, 5.41) is 31.8. The summed E-state index contributed by atoms with van der Waals surface area (Å²) in [5.41, 5.74) is 5.76. The first kappa shape index (κ1) is 27.8. The predicted octanol–water partition coefficient (Wildman–Crippen LogP) is -1.26. The van der Waals surface area contributed by atoms with Gasteiger partial charge in [-0.1, -0.05) is 20.3 Å². The minimum atomic E-state index is -1.56. The molecule has 186 valence electrons. The zero-order chi connectivity index (χ0) is 25.3. The number of nitrogens with two attached hydrogens (primary N) is 1. The lowest BCUT2D eigenvalue weighted by atomic mass is 9.98. The zero-order valence-electron chi connectivity index (χ0n) is 18.7. The van der Waals surface area contributed by atoms with Gasteiger partial charge in [-0.15, -0.1) is 0 Å². The Bertz CT molecular complexity index is 773. The van der Waals surface area contributed by atoms with Crippen molar-refractivity contribution < 1.29 is 44.1 Å². The highest BCUT2D eigenvalue weighted by Crippen LogP contribution is 2.19. The highest BCUT2D eigenvalue weighted by molar-refractivity contribution is 5.96. The summed E-state index contributed by atoms with van der Waals surface area (Å²) in [6.07, 6.45) is -0.0814. The number of aliphatic carboxylic acids is 3. The van der Waals surface area contributed by atoms with Crippen LogP contribution in [0.4, 0.5) is 0 Å². The van der Waals surface area contributed by atoms with Crippen LogP contribution >= 0.6 is 0 Å². The van der Waals surface area contributed by atoms with Crippen molar-refractivity contribution in [2.45, 2.75) is 76.5 Å². The molecule has 0 aromatic rings. The molecule has 0 bridgehead atoms. The Balaban J connectivity index is 2.93. The van der Waals surface area contributed by atoms with Crippen LogP contribution in [0.3, 0.4) is 0 Å². The molecule has 13 heteroatoms. The highest BCUT2D eigenvalue weighted by atomic mass is 16.4. The smallest absolute Gasteiger partial charge is 0.326 e. The Morgan fingerprint density at radius 2 is 1.70 bits per heavy atom. The van der Waals surface area contributed by atoms with E-state index in [4.69, 9.17) is 15.9 Å². The van der Waals surface area contributed by atoms with Gasteiger partial charge in [0.25, 0.3) is 0 Å². The Kier molecular flexibility index (Phi) is 10.7. The summed E-state index contributed by atoms with van der Waals surface area (Å²) in [6.45, 7) is 3.54. The van der Waals surface area contributed by atoms with Crippen molar-refractivity contribution in [1.82, 2.24) is 15.5 Å². The van der Waals surface area contributed by atoms with Crippen LogP contribution in [0.1, 0.15) is 52.4 Å². The van der Waals surface area contributed by atoms with E-state index < -0.39 is 72.1 Å². The SMILES string of the molecule is CCC(C)C(NC(=O)C(CC(=O)O)NC(=O)C1CCCN1C(=O)C(N)CCC(=O)O)C(=O)O. The third kappa shape index (κ3) is 8.33. The van der Waals surface area contributed by atoms with Crippen LogP contribution < -0.4 is 16.4 Å². The number of hydrogen-bond donors (Lipinski definition) is 6. The fraction of sp³-hybridized carbons (Fsp3) is 0.700. The summed E-state index contributed by atoms with van der Waals surface area (Å²) in [7, 11) is 0. The molecule has 0 aromatic heterocycles. The first-order chi connectivity index (χ1) is 15.4. The van der Waals surface area contributed by atoms with Crippen LogP contribution in [0.5, 0.6) is 0 Å². The topological polar surface area (TPSA) is 216 Å². The molecule has 5 atom stereocenters. The van der Waals surface area contributed by atoms with Crippen LogP contribution in [0.15, 0.2) is 0 Å². The fourth-order valence-corrected chi connectivity index (χ4v) is 3.51. The number of hydrogen-bond acceptors (Lipinski definition) is 7.